The van der Waals surface area contributed by atoms with E-state index in [-0.39, 0.29) is 23.5 Å². The van der Waals surface area contributed by atoms with Gasteiger partial charge in [-0.15, -0.1) is 0 Å². The molecule has 1 amide bonds. The topological polar surface area (TPSA) is 47.6 Å². The Morgan fingerprint density at radius 2 is 1.95 bits per heavy atom. The highest BCUT2D eigenvalue weighted by Gasteiger charge is 2.37. The Labute approximate surface area is 122 Å². The van der Waals surface area contributed by atoms with E-state index in [0.29, 0.717) is 12.3 Å². The Morgan fingerprint density at radius 1 is 1.15 bits per heavy atom. The maximum atomic E-state index is 12.0. The lowest BCUT2D eigenvalue weighted by Crippen LogP contribution is -2.39. The standard InChI is InChI=1S/C16H29NO3/c1-16(2,3)15-12(7-9-20-15)11-17-14(18)10-13-6-4-5-8-19-13/h12-13,15H,4-11H2,1-3H3,(H,17,18)/t12-,13-,15+/m1/s1. The molecule has 0 aromatic carbocycles. The smallest absolute Gasteiger partial charge is 0.222 e. The summed E-state index contributed by atoms with van der Waals surface area (Å²) in [6.45, 7) is 8.96. The monoisotopic (exact) mass is 283 g/mol. The van der Waals surface area contributed by atoms with E-state index >= 15 is 0 Å². The summed E-state index contributed by atoms with van der Waals surface area (Å²) in [6.07, 6.45) is 5.25. The maximum absolute atomic E-state index is 12.0. The fraction of sp³-hybridized carbons (Fsp3) is 0.938. The summed E-state index contributed by atoms with van der Waals surface area (Å²) < 4.78 is 11.4. The van der Waals surface area contributed by atoms with E-state index in [0.717, 1.165) is 39.0 Å². The van der Waals surface area contributed by atoms with E-state index in [1.54, 1.807) is 0 Å². The molecule has 0 aliphatic carbocycles. The second-order valence-electron chi connectivity index (χ2n) is 7.20. The SMILES string of the molecule is CC(C)(C)[C@H]1OCC[C@@H]1CNC(=O)C[C@H]1CCCCO1. The molecule has 20 heavy (non-hydrogen) atoms. The molecular weight excluding hydrogens is 254 g/mol. The molecule has 3 atom stereocenters. The molecule has 2 rings (SSSR count). The molecule has 0 bridgehead atoms. The summed E-state index contributed by atoms with van der Waals surface area (Å²) >= 11 is 0. The fourth-order valence-corrected chi connectivity index (χ4v) is 3.29. The Balaban J connectivity index is 1.72. The summed E-state index contributed by atoms with van der Waals surface area (Å²) in [7, 11) is 0. The lowest BCUT2D eigenvalue weighted by Gasteiger charge is -2.31. The molecule has 2 aliphatic rings. The largest absolute Gasteiger partial charge is 0.378 e. The Morgan fingerprint density at radius 3 is 2.60 bits per heavy atom. The molecule has 0 unspecified atom stereocenters. The molecule has 0 radical (unpaired) electrons. The van der Waals surface area contributed by atoms with E-state index in [9.17, 15) is 4.79 Å². The number of carbonyl (C=O) groups is 1. The van der Waals surface area contributed by atoms with Gasteiger partial charge in [0, 0.05) is 25.7 Å². The van der Waals surface area contributed by atoms with Gasteiger partial charge in [0.05, 0.1) is 18.6 Å². The van der Waals surface area contributed by atoms with Gasteiger partial charge >= 0.3 is 0 Å². The van der Waals surface area contributed by atoms with Gasteiger partial charge in [-0.2, -0.15) is 0 Å². The predicted octanol–water partition coefficient (Wildman–Crippen LogP) is 2.51. The molecule has 116 valence electrons. The van der Waals surface area contributed by atoms with Crippen LogP contribution in [-0.2, 0) is 14.3 Å². The van der Waals surface area contributed by atoms with Gasteiger partial charge in [0.2, 0.25) is 5.91 Å². The quantitative estimate of drug-likeness (QED) is 0.862. The zero-order valence-corrected chi connectivity index (χ0v) is 13.1. The first kappa shape index (κ1) is 15.8. The van der Waals surface area contributed by atoms with Crippen LogP contribution in [0.4, 0.5) is 0 Å². The van der Waals surface area contributed by atoms with Crippen LogP contribution in [0, 0.1) is 11.3 Å². The first-order valence-electron chi connectivity index (χ1n) is 7.96. The number of rotatable bonds is 4. The predicted molar refractivity (Wildman–Crippen MR) is 78.5 cm³/mol. The van der Waals surface area contributed by atoms with E-state index in [1.807, 2.05) is 0 Å². The van der Waals surface area contributed by atoms with Crippen molar-refractivity contribution < 1.29 is 14.3 Å². The van der Waals surface area contributed by atoms with Crippen molar-refractivity contribution in [3.8, 4) is 0 Å². The maximum Gasteiger partial charge on any atom is 0.222 e. The Hall–Kier alpha value is -0.610. The van der Waals surface area contributed by atoms with Crippen molar-refractivity contribution in [1.82, 2.24) is 5.32 Å². The lowest BCUT2D eigenvalue weighted by atomic mass is 9.81. The molecule has 2 saturated heterocycles. The third-order valence-electron chi connectivity index (χ3n) is 4.32. The molecule has 4 nitrogen and oxygen atoms in total. The van der Waals surface area contributed by atoms with Crippen LogP contribution in [0.5, 0.6) is 0 Å². The second-order valence-corrected chi connectivity index (χ2v) is 7.20. The lowest BCUT2D eigenvalue weighted by molar-refractivity contribution is -0.125. The van der Waals surface area contributed by atoms with Crippen LogP contribution >= 0.6 is 0 Å². The number of hydrogen-bond acceptors (Lipinski definition) is 3. The molecule has 0 aromatic rings. The van der Waals surface area contributed by atoms with Crippen LogP contribution < -0.4 is 5.32 Å². The molecule has 2 fully saturated rings. The van der Waals surface area contributed by atoms with E-state index in [2.05, 4.69) is 26.1 Å². The summed E-state index contributed by atoms with van der Waals surface area (Å²) in [4.78, 5) is 12.0. The van der Waals surface area contributed by atoms with Crippen molar-refractivity contribution in [3.05, 3.63) is 0 Å². The number of ether oxygens (including phenoxy) is 2. The van der Waals surface area contributed by atoms with Gasteiger partial charge in [-0.25, -0.2) is 0 Å². The van der Waals surface area contributed by atoms with Crippen LogP contribution in [-0.4, -0.2) is 37.9 Å². The first-order chi connectivity index (χ1) is 9.47. The zero-order valence-electron chi connectivity index (χ0n) is 13.1. The average Bonchev–Trinajstić information content (AvgIpc) is 2.86. The van der Waals surface area contributed by atoms with Crippen LogP contribution in [0.1, 0.15) is 52.9 Å². The van der Waals surface area contributed by atoms with Gasteiger partial charge in [-0.05, 0) is 31.1 Å². The van der Waals surface area contributed by atoms with Crippen LogP contribution in [0.25, 0.3) is 0 Å². The van der Waals surface area contributed by atoms with E-state index < -0.39 is 0 Å². The van der Waals surface area contributed by atoms with Gasteiger partial charge in [0.1, 0.15) is 0 Å². The first-order valence-corrected chi connectivity index (χ1v) is 7.96. The third kappa shape index (κ3) is 4.45. The molecule has 1 N–H and O–H groups in total. The molecule has 0 saturated carbocycles. The minimum Gasteiger partial charge on any atom is -0.378 e. The molecule has 2 heterocycles. The highest BCUT2D eigenvalue weighted by atomic mass is 16.5. The van der Waals surface area contributed by atoms with Crippen molar-refractivity contribution in [2.75, 3.05) is 19.8 Å². The van der Waals surface area contributed by atoms with Crippen molar-refractivity contribution in [2.45, 2.75) is 65.1 Å². The molecule has 0 spiro atoms. The van der Waals surface area contributed by atoms with E-state index in [4.69, 9.17) is 9.47 Å². The normalized spacial score (nSPS) is 31.2. The highest BCUT2D eigenvalue weighted by molar-refractivity contribution is 5.76. The van der Waals surface area contributed by atoms with Crippen LogP contribution in [0.15, 0.2) is 0 Å². The summed E-state index contributed by atoms with van der Waals surface area (Å²) in [6, 6.07) is 0. The summed E-state index contributed by atoms with van der Waals surface area (Å²) in [5, 5.41) is 3.08. The van der Waals surface area contributed by atoms with Crippen molar-refractivity contribution in [3.63, 3.8) is 0 Å². The minimum absolute atomic E-state index is 0.122. The van der Waals surface area contributed by atoms with Gasteiger partial charge in [0.15, 0.2) is 0 Å². The summed E-state index contributed by atoms with van der Waals surface area (Å²) in [5.41, 5.74) is 0.137. The fourth-order valence-electron chi connectivity index (χ4n) is 3.29. The molecular formula is C16H29NO3. The molecule has 2 aliphatic heterocycles. The number of hydrogen-bond donors (Lipinski definition) is 1. The third-order valence-corrected chi connectivity index (χ3v) is 4.32. The highest BCUT2D eigenvalue weighted by Crippen LogP contribution is 2.34. The van der Waals surface area contributed by atoms with Gasteiger partial charge in [0.25, 0.3) is 0 Å². The molecule has 0 aromatic heterocycles. The van der Waals surface area contributed by atoms with Gasteiger partial charge in [-0.3, -0.25) is 4.79 Å². The van der Waals surface area contributed by atoms with Crippen molar-refractivity contribution in [2.24, 2.45) is 11.3 Å². The van der Waals surface area contributed by atoms with Crippen molar-refractivity contribution >= 4 is 5.91 Å². The Bertz CT molecular complexity index is 318. The van der Waals surface area contributed by atoms with Gasteiger partial charge in [-0.1, -0.05) is 20.8 Å². The van der Waals surface area contributed by atoms with E-state index in [1.165, 1.54) is 6.42 Å². The number of nitrogens with one attached hydrogen (secondary N) is 1. The average molecular weight is 283 g/mol. The Kier molecular flexibility index (Phi) is 5.44. The number of amides is 1. The van der Waals surface area contributed by atoms with Crippen LogP contribution in [0.2, 0.25) is 0 Å². The summed E-state index contributed by atoms with van der Waals surface area (Å²) in [5.74, 6) is 0.558. The molecule has 4 heteroatoms. The van der Waals surface area contributed by atoms with Gasteiger partial charge < -0.3 is 14.8 Å². The number of carbonyl (C=O) groups excluding carboxylic acids is 1. The minimum atomic E-state index is 0.122. The van der Waals surface area contributed by atoms with Crippen LogP contribution in [0.3, 0.4) is 0 Å². The van der Waals surface area contributed by atoms with Crippen molar-refractivity contribution in [1.29, 1.82) is 0 Å². The second kappa shape index (κ2) is 6.90. The zero-order chi connectivity index (χ0) is 14.6.